The maximum atomic E-state index is 12.4. The zero-order valence-corrected chi connectivity index (χ0v) is 21.4. The Bertz CT molecular complexity index is 1200. The fourth-order valence-electron chi connectivity index (χ4n) is 3.27. The summed E-state index contributed by atoms with van der Waals surface area (Å²) in [6, 6.07) is 10.1. The summed E-state index contributed by atoms with van der Waals surface area (Å²) >= 11 is 1.65. The van der Waals surface area contributed by atoms with Crippen molar-refractivity contribution in [3.8, 4) is 0 Å². The fraction of sp³-hybridized carbons (Fsp3) is 0.429. The molecule has 0 spiro atoms. The van der Waals surface area contributed by atoms with Crippen molar-refractivity contribution >= 4 is 31.5 Å². The van der Waals surface area contributed by atoms with Crippen LogP contribution in [-0.2, 0) is 27.9 Å². The van der Waals surface area contributed by atoms with E-state index in [0.29, 0.717) is 0 Å². The highest BCUT2D eigenvalue weighted by Crippen LogP contribution is 2.29. The molecule has 0 amide bonds. The van der Waals surface area contributed by atoms with Gasteiger partial charge in [-0.25, -0.2) is 26.0 Å². The first kappa shape index (κ1) is 28.2. The maximum Gasteiger partial charge on any atom is 0.264 e. The van der Waals surface area contributed by atoms with Crippen LogP contribution in [0.3, 0.4) is 0 Å². The first-order chi connectivity index (χ1) is 15.8. The predicted molar refractivity (Wildman–Crippen MR) is 124 cm³/mol. The number of halogens is 5. The highest BCUT2D eigenvalue weighted by Gasteiger charge is 2.23. The molecule has 0 aliphatic heterocycles. The molecule has 0 bridgehead atoms. The fourth-order valence-corrected chi connectivity index (χ4v) is 5.86. The Hall–Kier alpha value is -2.05. The number of hydrogen-bond acceptors (Lipinski definition) is 5. The van der Waals surface area contributed by atoms with Gasteiger partial charge in [-0.05, 0) is 33.3 Å². The molecule has 2 aromatic heterocycles. The molecule has 34 heavy (non-hydrogen) atoms. The SMILES string of the molecule is Cc1nn(CC(F)F)c(C)c1S(=O)(=O)Cl.Cc1nn(CC(F)F)c(C)c1SCc1ccccc1. The summed E-state index contributed by atoms with van der Waals surface area (Å²) in [7, 11) is 1.22. The van der Waals surface area contributed by atoms with Crippen molar-refractivity contribution < 1.29 is 26.0 Å². The van der Waals surface area contributed by atoms with Gasteiger partial charge in [0.2, 0.25) is 0 Å². The van der Waals surface area contributed by atoms with Gasteiger partial charge < -0.3 is 0 Å². The number of aromatic nitrogens is 4. The van der Waals surface area contributed by atoms with Crippen LogP contribution in [0.15, 0.2) is 40.1 Å². The Labute approximate surface area is 204 Å². The normalized spacial score (nSPS) is 11.7. The molecular weight excluding hydrogens is 516 g/mol. The molecule has 0 aliphatic rings. The molecule has 0 unspecified atom stereocenters. The van der Waals surface area contributed by atoms with Gasteiger partial charge in [0.05, 0.1) is 22.0 Å². The zero-order valence-electron chi connectivity index (χ0n) is 19.0. The molecule has 188 valence electrons. The summed E-state index contributed by atoms with van der Waals surface area (Å²) in [6.45, 7) is 5.53. The molecule has 6 nitrogen and oxygen atoms in total. The molecule has 0 aliphatic carbocycles. The Morgan fingerprint density at radius 1 is 0.882 bits per heavy atom. The van der Waals surface area contributed by atoms with Gasteiger partial charge in [-0.2, -0.15) is 10.2 Å². The summed E-state index contributed by atoms with van der Waals surface area (Å²) < 4.78 is 73.6. The minimum Gasteiger partial charge on any atom is -0.263 e. The Morgan fingerprint density at radius 2 is 1.38 bits per heavy atom. The number of rotatable bonds is 8. The van der Waals surface area contributed by atoms with E-state index in [1.807, 2.05) is 32.0 Å². The zero-order chi connectivity index (χ0) is 25.6. The van der Waals surface area contributed by atoms with Gasteiger partial charge in [-0.15, -0.1) is 11.8 Å². The summed E-state index contributed by atoms with van der Waals surface area (Å²) in [5.41, 5.74) is 3.11. The second-order valence-electron chi connectivity index (χ2n) is 7.36. The van der Waals surface area contributed by atoms with E-state index in [0.717, 1.165) is 26.7 Å². The van der Waals surface area contributed by atoms with Gasteiger partial charge in [0.1, 0.15) is 18.0 Å². The molecule has 0 N–H and O–H groups in total. The lowest BCUT2D eigenvalue weighted by molar-refractivity contribution is 0.120. The van der Waals surface area contributed by atoms with Gasteiger partial charge in [0.25, 0.3) is 21.9 Å². The van der Waals surface area contributed by atoms with E-state index in [1.54, 1.807) is 11.8 Å². The second kappa shape index (κ2) is 12.1. The van der Waals surface area contributed by atoms with Crippen LogP contribution in [0.2, 0.25) is 0 Å². The summed E-state index contributed by atoms with van der Waals surface area (Å²) in [4.78, 5) is 0.814. The summed E-state index contributed by atoms with van der Waals surface area (Å²) in [5, 5.41) is 7.87. The van der Waals surface area contributed by atoms with Gasteiger partial charge >= 0.3 is 0 Å². The van der Waals surface area contributed by atoms with E-state index in [2.05, 4.69) is 22.3 Å². The van der Waals surface area contributed by atoms with Crippen LogP contribution < -0.4 is 0 Å². The second-order valence-corrected chi connectivity index (χ2v) is 10.8. The van der Waals surface area contributed by atoms with Crippen molar-refractivity contribution in [2.24, 2.45) is 0 Å². The summed E-state index contributed by atoms with van der Waals surface area (Å²) in [6.07, 6.45) is -4.96. The molecule has 0 radical (unpaired) electrons. The standard InChI is InChI=1S/C14H16F2N2S.C7H9ClF2N2O2S/c1-10-14(11(2)18(17-10)8-13(15)16)19-9-12-6-4-3-5-7-12;1-4-7(15(8,13)14)5(2)12(11-4)3-6(9)10/h3-7,13H,8-9H2,1-2H3;6H,3H2,1-2H3. The van der Waals surface area contributed by atoms with Gasteiger partial charge in [-0.3, -0.25) is 9.36 Å². The molecule has 13 heteroatoms. The number of alkyl halides is 4. The van der Waals surface area contributed by atoms with Crippen molar-refractivity contribution in [3.63, 3.8) is 0 Å². The van der Waals surface area contributed by atoms with Gasteiger partial charge in [0, 0.05) is 22.1 Å². The van der Waals surface area contributed by atoms with Crippen molar-refractivity contribution in [1.29, 1.82) is 0 Å². The molecule has 0 atom stereocenters. The van der Waals surface area contributed by atoms with E-state index < -0.39 is 28.4 Å². The molecule has 1 aromatic carbocycles. The smallest absolute Gasteiger partial charge is 0.263 e. The van der Waals surface area contributed by atoms with Gasteiger partial charge in [0.15, 0.2) is 0 Å². The Morgan fingerprint density at radius 3 is 1.85 bits per heavy atom. The van der Waals surface area contributed by atoms with Gasteiger partial charge in [-0.1, -0.05) is 30.3 Å². The minimum absolute atomic E-state index is 0.128. The number of thioether (sulfide) groups is 1. The van der Waals surface area contributed by atoms with Crippen LogP contribution in [-0.4, -0.2) is 40.8 Å². The first-order valence-electron chi connectivity index (χ1n) is 10.1. The first-order valence-corrected chi connectivity index (χ1v) is 13.4. The lowest BCUT2D eigenvalue weighted by atomic mass is 10.2. The third-order valence-electron chi connectivity index (χ3n) is 4.72. The highest BCUT2D eigenvalue weighted by molar-refractivity contribution is 8.13. The average molecular weight is 541 g/mol. The van der Waals surface area contributed by atoms with Crippen molar-refractivity contribution in [2.75, 3.05) is 0 Å². The van der Waals surface area contributed by atoms with E-state index in [9.17, 15) is 26.0 Å². The Kier molecular flexibility index (Phi) is 10.0. The average Bonchev–Trinajstić information content (AvgIpc) is 3.14. The van der Waals surface area contributed by atoms with Crippen molar-refractivity contribution in [2.45, 2.75) is 69.2 Å². The predicted octanol–water partition coefficient (Wildman–Crippen LogP) is 5.75. The van der Waals surface area contributed by atoms with E-state index in [-0.39, 0.29) is 22.8 Å². The highest BCUT2D eigenvalue weighted by atomic mass is 35.7. The van der Waals surface area contributed by atoms with Crippen LogP contribution in [0.25, 0.3) is 0 Å². The topological polar surface area (TPSA) is 69.8 Å². The third-order valence-corrected chi connectivity index (χ3v) is 7.62. The van der Waals surface area contributed by atoms with Crippen LogP contribution in [0.4, 0.5) is 17.6 Å². The molecular formula is C21H25ClF4N4O2S2. The Balaban J connectivity index is 0.000000248. The molecule has 3 aromatic rings. The van der Waals surface area contributed by atoms with Crippen LogP contribution >= 0.6 is 22.4 Å². The van der Waals surface area contributed by atoms with Crippen LogP contribution in [0, 0.1) is 27.7 Å². The van der Waals surface area contributed by atoms with E-state index in [1.165, 1.54) is 24.1 Å². The molecule has 0 saturated carbocycles. The van der Waals surface area contributed by atoms with E-state index in [4.69, 9.17) is 10.7 Å². The molecule has 0 saturated heterocycles. The quantitative estimate of drug-likeness (QED) is 0.207. The third kappa shape index (κ3) is 7.74. The van der Waals surface area contributed by atoms with Crippen LogP contribution in [0.1, 0.15) is 28.3 Å². The largest absolute Gasteiger partial charge is 0.264 e. The molecule has 2 heterocycles. The van der Waals surface area contributed by atoms with Crippen molar-refractivity contribution in [3.05, 3.63) is 58.7 Å². The number of nitrogens with zero attached hydrogens (tertiary/aromatic N) is 4. The monoisotopic (exact) mass is 540 g/mol. The van der Waals surface area contributed by atoms with Crippen LogP contribution in [0.5, 0.6) is 0 Å². The lowest BCUT2D eigenvalue weighted by Crippen LogP contribution is -2.10. The van der Waals surface area contributed by atoms with Crippen molar-refractivity contribution in [1.82, 2.24) is 19.6 Å². The molecule has 0 fully saturated rings. The van der Waals surface area contributed by atoms with E-state index >= 15 is 0 Å². The maximum absolute atomic E-state index is 12.4. The summed E-state index contributed by atoms with van der Waals surface area (Å²) in [5.74, 6) is 0.822. The minimum atomic E-state index is -3.94. The number of benzene rings is 1. The molecule has 3 rings (SSSR count). The number of hydrogen-bond donors (Lipinski definition) is 0. The lowest BCUT2D eigenvalue weighted by Gasteiger charge is -2.05. The number of aryl methyl sites for hydroxylation is 2.